The van der Waals surface area contributed by atoms with Crippen LogP contribution < -0.4 is 10.6 Å². The Morgan fingerprint density at radius 1 is 1.16 bits per heavy atom. The van der Waals surface area contributed by atoms with E-state index < -0.39 is 0 Å². The van der Waals surface area contributed by atoms with Gasteiger partial charge in [0.2, 0.25) is 5.91 Å². The Hall–Kier alpha value is -1.55. The molecule has 2 aliphatic rings. The highest BCUT2D eigenvalue weighted by Gasteiger charge is 2.29. The molecule has 0 saturated carbocycles. The van der Waals surface area contributed by atoms with Crippen molar-refractivity contribution in [2.45, 2.75) is 18.8 Å². The third kappa shape index (κ3) is 2.59. The molecule has 2 N–H and O–H groups in total. The maximum atomic E-state index is 12.7. The Kier molecular flexibility index (Phi) is 3.69. The zero-order chi connectivity index (χ0) is 13.1. The van der Waals surface area contributed by atoms with E-state index in [9.17, 15) is 4.79 Å². The second-order valence-corrected chi connectivity index (χ2v) is 5.28. The Morgan fingerprint density at radius 2 is 2.05 bits per heavy atom. The lowest BCUT2D eigenvalue weighted by Crippen LogP contribution is -2.39. The van der Waals surface area contributed by atoms with Crippen LogP contribution in [0.5, 0.6) is 0 Å². The Bertz CT molecular complexity index is 452. The van der Waals surface area contributed by atoms with Crippen molar-refractivity contribution in [1.82, 2.24) is 10.2 Å². The molecule has 4 heteroatoms. The Labute approximate surface area is 114 Å². The van der Waals surface area contributed by atoms with Crippen LogP contribution in [-0.4, -0.2) is 43.5 Å². The summed E-state index contributed by atoms with van der Waals surface area (Å²) in [4.78, 5) is 14.8. The number of nitrogens with zero attached hydrogens (tertiary/aromatic N) is 1. The quantitative estimate of drug-likeness (QED) is 0.801. The largest absolute Gasteiger partial charge is 0.385 e. The van der Waals surface area contributed by atoms with E-state index in [0.29, 0.717) is 5.91 Å². The number of anilines is 1. The summed E-state index contributed by atoms with van der Waals surface area (Å²) < 4.78 is 0. The maximum absolute atomic E-state index is 12.7. The van der Waals surface area contributed by atoms with Crippen molar-refractivity contribution in [2.24, 2.45) is 0 Å². The molecule has 3 rings (SSSR count). The normalized spacial score (nSPS) is 23.2. The summed E-state index contributed by atoms with van der Waals surface area (Å²) in [5.41, 5.74) is 2.29. The zero-order valence-electron chi connectivity index (χ0n) is 11.2. The molecule has 2 heterocycles. The first-order valence-corrected chi connectivity index (χ1v) is 7.18. The second-order valence-electron chi connectivity index (χ2n) is 5.28. The predicted molar refractivity (Wildman–Crippen MR) is 76.4 cm³/mol. The fraction of sp³-hybridized carbons (Fsp3) is 0.533. The number of hydrogen-bond acceptors (Lipinski definition) is 3. The van der Waals surface area contributed by atoms with Crippen molar-refractivity contribution in [1.29, 1.82) is 0 Å². The van der Waals surface area contributed by atoms with E-state index in [4.69, 9.17) is 0 Å². The molecule has 102 valence electrons. The summed E-state index contributed by atoms with van der Waals surface area (Å²) in [5, 5.41) is 6.73. The topological polar surface area (TPSA) is 44.4 Å². The van der Waals surface area contributed by atoms with E-state index in [1.54, 1.807) is 0 Å². The first-order chi connectivity index (χ1) is 9.36. The molecular formula is C15H21N3O. The number of fused-ring (bicyclic) bond motifs is 1. The molecule has 1 fully saturated rings. The number of benzene rings is 1. The molecule has 2 aliphatic heterocycles. The van der Waals surface area contributed by atoms with Gasteiger partial charge in [-0.25, -0.2) is 0 Å². The number of amides is 1. The summed E-state index contributed by atoms with van der Waals surface area (Å²) in [5.74, 6) is 0.341. The number of para-hydroxylation sites is 1. The molecule has 0 aromatic heterocycles. The van der Waals surface area contributed by atoms with Gasteiger partial charge >= 0.3 is 0 Å². The molecule has 0 bridgehead atoms. The third-order valence-corrected chi connectivity index (χ3v) is 4.03. The van der Waals surface area contributed by atoms with Crippen molar-refractivity contribution >= 4 is 11.6 Å². The smallest absolute Gasteiger partial charge is 0.230 e. The minimum Gasteiger partial charge on any atom is -0.385 e. The Morgan fingerprint density at radius 3 is 3.00 bits per heavy atom. The lowest BCUT2D eigenvalue weighted by atomic mass is 9.89. The van der Waals surface area contributed by atoms with Gasteiger partial charge in [-0.2, -0.15) is 0 Å². The van der Waals surface area contributed by atoms with Gasteiger partial charge in [-0.1, -0.05) is 18.2 Å². The van der Waals surface area contributed by atoms with Crippen molar-refractivity contribution in [3.05, 3.63) is 29.8 Å². The lowest BCUT2D eigenvalue weighted by molar-refractivity contribution is -0.132. The van der Waals surface area contributed by atoms with Gasteiger partial charge in [0, 0.05) is 31.9 Å². The molecular weight excluding hydrogens is 238 g/mol. The zero-order valence-corrected chi connectivity index (χ0v) is 11.2. The lowest BCUT2D eigenvalue weighted by Gasteiger charge is -2.30. The monoisotopic (exact) mass is 259 g/mol. The van der Waals surface area contributed by atoms with E-state index in [1.165, 1.54) is 0 Å². The van der Waals surface area contributed by atoms with E-state index in [0.717, 1.165) is 56.8 Å². The molecule has 1 aromatic rings. The summed E-state index contributed by atoms with van der Waals surface area (Å²) in [6.45, 7) is 4.55. The minimum absolute atomic E-state index is 0.0375. The number of hydrogen-bond donors (Lipinski definition) is 2. The van der Waals surface area contributed by atoms with Crippen LogP contribution in [0.25, 0.3) is 0 Å². The number of carbonyl (C=O) groups is 1. The van der Waals surface area contributed by atoms with Crippen LogP contribution >= 0.6 is 0 Å². The van der Waals surface area contributed by atoms with Gasteiger partial charge in [0.25, 0.3) is 0 Å². The SMILES string of the molecule is O=C(C1CCNc2ccccc21)N1CCCNCC1. The third-order valence-electron chi connectivity index (χ3n) is 4.03. The van der Waals surface area contributed by atoms with Crippen molar-refractivity contribution < 1.29 is 4.79 Å². The summed E-state index contributed by atoms with van der Waals surface area (Å²) >= 11 is 0. The van der Waals surface area contributed by atoms with Gasteiger partial charge in [-0.3, -0.25) is 4.79 Å². The second kappa shape index (κ2) is 5.61. The van der Waals surface area contributed by atoms with E-state index in [2.05, 4.69) is 22.8 Å². The maximum Gasteiger partial charge on any atom is 0.230 e. The predicted octanol–water partition coefficient (Wildman–Crippen LogP) is 1.41. The van der Waals surface area contributed by atoms with Crippen LogP contribution in [-0.2, 0) is 4.79 Å². The van der Waals surface area contributed by atoms with Crippen molar-refractivity contribution in [3.63, 3.8) is 0 Å². The molecule has 19 heavy (non-hydrogen) atoms. The molecule has 0 radical (unpaired) electrons. The molecule has 0 spiro atoms. The van der Waals surface area contributed by atoms with Gasteiger partial charge in [0.1, 0.15) is 0 Å². The van der Waals surface area contributed by atoms with Gasteiger partial charge < -0.3 is 15.5 Å². The average Bonchev–Trinajstić information content (AvgIpc) is 2.75. The van der Waals surface area contributed by atoms with Crippen LogP contribution in [0.2, 0.25) is 0 Å². The summed E-state index contributed by atoms with van der Waals surface area (Å²) in [6, 6.07) is 8.20. The van der Waals surface area contributed by atoms with Crippen LogP contribution in [0.1, 0.15) is 24.3 Å². The first kappa shape index (κ1) is 12.5. The highest BCUT2D eigenvalue weighted by atomic mass is 16.2. The van der Waals surface area contributed by atoms with E-state index in [-0.39, 0.29) is 5.92 Å². The molecule has 0 aliphatic carbocycles. The first-order valence-electron chi connectivity index (χ1n) is 7.18. The number of nitrogens with one attached hydrogen (secondary N) is 2. The molecule has 1 amide bonds. The van der Waals surface area contributed by atoms with Gasteiger partial charge in [-0.15, -0.1) is 0 Å². The highest BCUT2D eigenvalue weighted by molar-refractivity contribution is 5.86. The van der Waals surface area contributed by atoms with Gasteiger partial charge in [0.05, 0.1) is 5.92 Å². The van der Waals surface area contributed by atoms with E-state index in [1.807, 2.05) is 17.0 Å². The van der Waals surface area contributed by atoms with Gasteiger partial charge in [0.15, 0.2) is 0 Å². The minimum atomic E-state index is 0.0375. The highest BCUT2D eigenvalue weighted by Crippen LogP contribution is 2.32. The van der Waals surface area contributed by atoms with Crippen LogP contribution in [0.3, 0.4) is 0 Å². The molecule has 4 nitrogen and oxygen atoms in total. The van der Waals surface area contributed by atoms with Crippen LogP contribution in [0.15, 0.2) is 24.3 Å². The average molecular weight is 259 g/mol. The van der Waals surface area contributed by atoms with Gasteiger partial charge in [-0.05, 0) is 31.0 Å². The fourth-order valence-electron chi connectivity index (χ4n) is 3.01. The fourth-order valence-corrected chi connectivity index (χ4v) is 3.01. The standard InChI is InChI=1S/C15H21N3O/c19-15(18-10-3-7-16-9-11-18)13-6-8-17-14-5-2-1-4-12(13)14/h1-2,4-5,13,16-17H,3,6-11H2. The number of carbonyl (C=O) groups excluding carboxylic acids is 1. The van der Waals surface area contributed by atoms with Crippen LogP contribution in [0, 0.1) is 0 Å². The van der Waals surface area contributed by atoms with Crippen molar-refractivity contribution in [3.8, 4) is 0 Å². The number of rotatable bonds is 1. The van der Waals surface area contributed by atoms with E-state index >= 15 is 0 Å². The summed E-state index contributed by atoms with van der Waals surface area (Å²) in [7, 11) is 0. The molecule has 1 aromatic carbocycles. The van der Waals surface area contributed by atoms with Crippen LogP contribution in [0.4, 0.5) is 5.69 Å². The molecule has 1 saturated heterocycles. The Balaban J connectivity index is 1.80. The molecule has 1 unspecified atom stereocenters. The molecule has 1 atom stereocenters. The van der Waals surface area contributed by atoms with Crippen molar-refractivity contribution in [2.75, 3.05) is 38.0 Å². The summed E-state index contributed by atoms with van der Waals surface area (Å²) in [6.07, 6.45) is 1.96.